The Morgan fingerprint density at radius 1 is 1.44 bits per heavy atom. The first-order valence-electron chi connectivity index (χ1n) is 5.78. The van der Waals surface area contributed by atoms with E-state index in [0.29, 0.717) is 17.9 Å². The number of benzene rings is 1. The predicted molar refractivity (Wildman–Crippen MR) is 63.4 cm³/mol. The molecule has 2 unspecified atom stereocenters. The van der Waals surface area contributed by atoms with E-state index < -0.39 is 0 Å². The van der Waals surface area contributed by atoms with Gasteiger partial charge in [0, 0.05) is 19.1 Å². The lowest BCUT2D eigenvalue weighted by Crippen LogP contribution is -2.46. The minimum atomic E-state index is 0.300. The van der Waals surface area contributed by atoms with Gasteiger partial charge in [-0.15, -0.1) is 0 Å². The van der Waals surface area contributed by atoms with Gasteiger partial charge in [0.1, 0.15) is 5.75 Å². The summed E-state index contributed by atoms with van der Waals surface area (Å²) < 4.78 is 5.59. The lowest BCUT2D eigenvalue weighted by atomic mass is 10.1. The molecule has 0 spiro atoms. The Labute approximate surface area is 96.6 Å². The van der Waals surface area contributed by atoms with Crippen LogP contribution in [-0.2, 0) is 11.3 Å². The van der Waals surface area contributed by atoms with E-state index in [9.17, 15) is 5.11 Å². The summed E-state index contributed by atoms with van der Waals surface area (Å²) in [5.41, 5.74) is 1.15. The Kier molecular flexibility index (Phi) is 3.46. The van der Waals surface area contributed by atoms with Gasteiger partial charge >= 0.3 is 0 Å². The quantitative estimate of drug-likeness (QED) is 0.829. The van der Waals surface area contributed by atoms with Gasteiger partial charge in [0.15, 0.2) is 0 Å². The van der Waals surface area contributed by atoms with Gasteiger partial charge in [-0.3, -0.25) is 4.90 Å². The molecule has 16 heavy (non-hydrogen) atoms. The van der Waals surface area contributed by atoms with Gasteiger partial charge in [-0.2, -0.15) is 0 Å². The number of phenols is 1. The zero-order chi connectivity index (χ0) is 11.5. The highest BCUT2D eigenvalue weighted by Gasteiger charge is 2.23. The van der Waals surface area contributed by atoms with Crippen molar-refractivity contribution in [2.24, 2.45) is 0 Å². The van der Waals surface area contributed by atoms with Crippen LogP contribution in [0.15, 0.2) is 24.3 Å². The van der Waals surface area contributed by atoms with Gasteiger partial charge in [-0.1, -0.05) is 12.1 Å². The smallest absolute Gasteiger partial charge is 0.115 e. The van der Waals surface area contributed by atoms with Crippen molar-refractivity contribution in [3.8, 4) is 5.75 Å². The molecule has 3 nitrogen and oxygen atoms in total. The van der Waals surface area contributed by atoms with Crippen LogP contribution in [0.4, 0.5) is 0 Å². The molecule has 1 aromatic rings. The number of morpholine rings is 1. The van der Waals surface area contributed by atoms with Gasteiger partial charge in [0.25, 0.3) is 0 Å². The molecular formula is C13H19NO2. The highest BCUT2D eigenvalue weighted by atomic mass is 16.5. The zero-order valence-electron chi connectivity index (χ0n) is 9.89. The summed E-state index contributed by atoms with van der Waals surface area (Å²) in [6.45, 7) is 6.90. The van der Waals surface area contributed by atoms with Gasteiger partial charge in [0.2, 0.25) is 0 Å². The molecule has 1 N–H and O–H groups in total. The molecule has 0 saturated carbocycles. The molecule has 1 saturated heterocycles. The van der Waals surface area contributed by atoms with E-state index in [1.54, 1.807) is 6.07 Å². The Morgan fingerprint density at radius 3 is 3.00 bits per heavy atom. The summed E-state index contributed by atoms with van der Waals surface area (Å²) in [4.78, 5) is 2.39. The molecule has 1 fully saturated rings. The summed E-state index contributed by atoms with van der Waals surface area (Å²) in [5.74, 6) is 0.339. The molecule has 1 heterocycles. The van der Waals surface area contributed by atoms with Crippen LogP contribution in [0.25, 0.3) is 0 Å². The normalized spacial score (nSPS) is 26.9. The molecule has 2 atom stereocenters. The number of rotatable bonds is 2. The van der Waals surface area contributed by atoms with Crippen molar-refractivity contribution in [3.63, 3.8) is 0 Å². The minimum Gasteiger partial charge on any atom is -0.508 e. The van der Waals surface area contributed by atoms with E-state index >= 15 is 0 Å². The van der Waals surface area contributed by atoms with Crippen molar-refractivity contribution in [2.45, 2.75) is 32.5 Å². The second-order valence-corrected chi connectivity index (χ2v) is 4.59. The lowest BCUT2D eigenvalue weighted by Gasteiger charge is -2.36. The number of ether oxygens (including phenoxy) is 1. The fraction of sp³-hybridized carbons (Fsp3) is 0.538. The van der Waals surface area contributed by atoms with Gasteiger partial charge in [0.05, 0.1) is 12.7 Å². The maximum absolute atomic E-state index is 9.42. The van der Waals surface area contributed by atoms with Gasteiger partial charge in [-0.05, 0) is 31.5 Å². The molecule has 1 aliphatic heterocycles. The van der Waals surface area contributed by atoms with Crippen LogP contribution in [0.1, 0.15) is 19.4 Å². The third-order valence-electron chi connectivity index (χ3n) is 3.03. The first-order chi connectivity index (χ1) is 7.65. The number of nitrogens with zero attached hydrogens (tertiary/aromatic N) is 1. The maximum atomic E-state index is 9.42. The third kappa shape index (κ3) is 2.74. The molecule has 0 aliphatic carbocycles. The molecule has 0 bridgehead atoms. The van der Waals surface area contributed by atoms with E-state index in [1.165, 1.54) is 0 Å². The van der Waals surface area contributed by atoms with Crippen LogP contribution in [-0.4, -0.2) is 35.3 Å². The van der Waals surface area contributed by atoms with E-state index in [4.69, 9.17) is 4.74 Å². The van der Waals surface area contributed by atoms with Crippen molar-refractivity contribution in [2.75, 3.05) is 13.2 Å². The van der Waals surface area contributed by atoms with Crippen LogP contribution in [0.5, 0.6) is 5.75 Å². The van der Waals surface area contributed by atoms with E-state index in [0.717, 1.165) is 25.3 Å². The fourth-order valence-corrected chi connectivity index (χ4v) is 2.08. The molecule has 3 heteroatoms. The molecule has 0 amide bonds. The summed E-state index contributed by atoms with van der Waals surface area (Å²) >= 11 is 0. The van der Waals surface area contributed by atoms with Crippen molar-refractivity contribution in [1.29, 1.82) is 0 Å². The average molecular weight is 221 g/mol. The first kappa shape index (κ1) is 11.4. The molecule has 1 aromatic carbocycles. The van der Waals surface area contributed by atoms with Crippen molar-refractivity contribution < 1.29 is 9.84 Å². The van der Waals surface area contributed by atoms with E-state index in [2.05, 4.69) is 18.7 Å². The standard InChI is InChI=1S/C13H19NO2/c1-10-9-16-11(2)7-14(10)8-12-4-3-5-13(15)6-12/h3-6,10-11,15H,7-9H2,1-2H3. The van der Waals surface area contributed by atoms with Crippen molar-refractivity contribution in [3.05, 3.63) is 29.8 Å². The topological polar surface area (TPSA) is 32.7 Å². The second-order valence-electron chi connectivity index (χ2n) is 4.59. The minimum absolute atomic E-state index is 0.300. The largest absolute Gasteiger partial charge is 0.508 e. The van der Waals surface area contributed by atoms with Gasteiger partial charge in [-0.25, -0.2) is 0 Å². The molecule has 1 aliphatic rings. The van der Waals surface area contributed by atoms with Crippen LogP contribution in [0.2, 0.25) is 0 Å². The maximum Gasteiger partial charge on any atom is 0.115 e. The zero-order valence-corrected chi connectivity index (χ0v) is 9.89. The highest BCUT2D eigenvalue weighted by Crippen LogP contribution is 2.17. The molecule has 0 aromatic heterocycles. The van der Waals surface area contributed by atoms with E-state index in [1.807, 2.05) is 18.2 Å². The Balaban J connectivity index is 2.02. The van der Waals surface area contributed by atoms with Gasteiger partial charge < -0.3 is 9.84 Å². The fourth-order valence-electron chi connectivity index (χ4n) is 2.08. The number of hydrogen-bond donors (Lipinski definition) is 1. The summed E-state index contributed by atoms with van der Waals surface area (Å²) in [6, 6.07) is 7.91. The lowest BCUT2D eigenvalue weighted by molar-refractivity contribution is -0.0526. The molecule has 0 radical (unpaired) electrons. The Morgan fingerprint density at radius 2 is 2.25 bits per heavy atom. The molecule has 88 valence electrons. The summed E-state index contributed by atoms with van der Waals surface area (Å²) in [7, 11) is 0. The summed E-state index contributed by atoms with van der Waals surface area (Å²) in [6.07, 6.45) is 0.300. The second kappa shape index (κ2) is 4.85. The number of aromatic hydroxyl groups is 1. The highest BCUT2D eigenvalue weighted by molar-refractivity contribution is 5.27. The van der Waals surface area contributed by atoms with Crippen LogP contribution < -0.4 is 0 Å². The third-order valence-corrected chi connectivity index (χ3v) is 3.03. The SMILES string of the molecule is CC1CN(Cc2cccc(O)c2)C(C)CO1. The van der Waals surface area contributed by atoms with E-state index in [-0.39, 0.29) is 0 Å². The van der Waals surface area contributed by atoms with Crippen LogP contribution >= 0.6 is 0 Å². The molecule has 2 rings (SSSR count). The van der Waals surface area contributed by atoms with Crippen molar-refractivity contribution >= 4 is 0 Å². The monoisotopic (exact) mass is 221 g/mol. The number of phenolic OH excluding ortho intramolecular Hbond substituents is 1. The van der Waals surface area contributed by atoms with Crippen LogP contribution in [0.3, 0.4) is 0 Å². The Hall–Kier alpha value is -1.06. The predicted octanol–water partition coefficient (Wildman–Crippen LogP) is 2.00. The average Bonchev–Trinajstić information content (AvgIpc) is 2.24. The summed E-state index contributed by atoms with van der Waals surface area (Å²) in [5, 5.41) is 9.42. The van der Waals surface area contributed by atoms with Crippen LogP contribution in [0, 0.1) is 0 Å². The first-order valence-corrected chi connectivity index (χ1v) is 5.78. The Bertz CT molecular complexity index is 354. The number of hydrogen-bond acceptors (Lipinski definition) is 3. The molecular weight excluding hydrogens is 202 g/mol. The van der Waals surface area contributed by atoms with Crippen molar-refractivity contribution in [1.82, 2.24) is 4.90 Å².